The Labute approximate surface area is 132 Å². The highest BCUT2D eigenvalue weighted by Crippen LogP contribution is 2.40. The summed E-state index contributed by atoms with van der Waals surface area (Å²) in [5.74, 6) is 0.0657. The molecule has 1 fully saturated rings. The Balaban J connectivity index is 1.58. The van der Waals surface area contributed by atoms with E-state index < -0.39 is 0 Å². The number of rotatable bonds is 3. The molecule has 5 nitrogen and oxygen atoms in total. The van der Waals surface area contributed by atoms with Crippen LogP contribution < -0.4 is 5.32 Å². The van der Waals surface area contributed by atoms with E-state index in [2.05, 4.69) is 32.6 Å². The van der Waals surface area contributed by atoms with Crippen molar-refractivity contribution in [1.29, 1.82) is 0 Å². The second-order valence-corrected chi connectivity index (χ2v) is 6.89. The highest BCUT2D eigenvalue weighted by molar-refractivity contribution is 5.93. The number of amides is 1. The number of aromatic amines is 1. The lowest BCUT2D eigenvalue weighted by molar-refractivity contribution is -0.118. The average Bonchev–Trinajstić information content (AvgIpc) is 2.80. The van der Waals surface area contributed by atoms with Gasteiger partial charge in [-0.3, -0.25) is 14.8 Å². The highest BCUT2D eigenvalue weighted by Gasteiger charge is 2.35. The molecule has 1 aliphatic heterocycles. The summed E-state index contributed by atoms with van der Waals surface area (Å²) in [7, 11) is 0. The van der Waals surface area contributed by atoms with Crippen molar-refractivity contribution < 1.29 is 4.79 Å². The number of hydrogen-bond acceptors (Lipinski definition) is 3. The Morgan fingerprint density at radius 1 is 1.41 bits per heavy atom. The van der Waals surface area contributed by atoms with Crippen molar-refractivity contribution in [3.63, 3.8) is 0 Å². The van der Waals surface area contributed by atoms with Crippen molar-refractivity contribution in [2.45, 2.75) is 46.0 Å². The van der Waals surface area contributed by atoms with Gasteiger partial charge in [-0.25, -0.2) is 0 Å². The number of anilines is 1. The van der Waals surface area contributed by atoms with Gasteiger partial charge in [0, 0.05) is 6.54 Å². The van der Waals surface area contributed by atoms with Crippen molar-refractivity contribution >= 4 is 11.6 Å². The molecule has 0 saturated carbocycles. The van der Waals surface area contributed by atoms with E-state index >= 15 is 0 Å². The van der Waals surface area contributed by atoms with E-state index in [1.54, 1.807) is 0 Å². The predicted octanol–water partition coefficient (Wildman–Crippen LogP) is 2.79. The molecule has 2 aliphatic rings. The van der Waals surface area contributed by atoms with E-state index in [1.807, 2.05) is 13.8 Å². The molecule has 22 heavy (non-hydrogen) atoms. The van der Waals surface area contributed by atoms with Crippen LogP contribution in [0.3, 0.4) is 0 Å². The molecule has 2 heterocycles. The first kappa shape index (κ1) is 15.3. The zero-order chi connectivity index (χ0) is 15.6. The third-order valence-corrected chi connectivity index (χ3v) is 5.06. The molecular weight excluding hydrogens is 276 g/mol. The quantitative estimate of drug-likeness (QED) is 0.844. The zero-order valence-corrected chi connectivity index (χ0v) is 13.6. The Morgan fingerprint density at radius 3 is 2.95 bits per heavy atom. The molecule has 1 saturated heterocycles. The Bertz CT molecular complexity index is 558. The van der Waals surface area contributed by atoms with Crippen molar-refractivity contribution in [3.8, 4) is 0 Å². The third kappa shape index (κ3) is 3.24. The lowest BCUT2D eigenvalue weighted by Crippen LogP contribution is -2.46. The molecule has 2 N–H and O–H groups in total. The number of likely N-dealkylation sites (tertiary alicyclic amines) is 1. The van der Waals surface area contributed by atoms with Gasteiger partial charge in [0.1, 0.15) is 0 Å². The standard InChI is InChI=1S/C17H26N4O/c1-13-16(14(2)20-19-13)18-15(22)11-21-10-6-9-17(12-21)7-4-3-5-8-17/h3-4H,5-12H2,1-2H3,(H,18,22)(H,19,20). The van der Waals surface area contributed by atoms with E-state index in [0.29, 0.717) is 12.0 Å². The van der Waals surface area contributed by atoms with Crippen LogP contribution in [0.25, 0.3) is 0 Å². The summed E-state index contributed by atoms with van der Waals surface area (Å²) in [5.41, 5.74) is 3.00. The van der Waals surface area contributed by atoms with Crippen LogP contribution in [0.4, 0.5) is 5.69 Å². The predicted molar refractivity (Wildman–Crippen MR) is 87.8 cm³/mol. The number of hydrogen-bond donors (Lipinski definition) is 2. The Hall–Kier alpha value is -1.62. The van der Waals surface area contributed by atoms with Gasteiger partial charge < -0.3 is 5.32 Å². The van der Waals surface area contributed by atoms with Crippen LogP contribution in [0.5, 0.6) is 0 Å². The molecule has 1 unspecified atom stereocenters. The van der Waals surface area contributed by atoms with Crippen LogP contribution >= 0.6 is 0 Å². The Kier molecular flexibility index (Phi) is 4.34. The highest BCUT2D eigenvalue weighted by atomic mass is 16.2. The molecule has 1 aromatic rings. The van der Waals surface area contributed by atoms with Crippen LogP contribution in [0.15, 0.2) is 12.2 Å². The summed E-state index contributed by atoms with van der Waals surface area (Å²) in [4.78, 5) is 14.7. The number of nitrogens with zero attached hydrogens (tertiary/aromatic N) is 2. The summed E-state index contributed by atoms with van der Waals surface area (Å²) in [5, 5.41) is 10.0. The molecule has 3 rings (SSSR count). The van der Waals surface area contributed by atoms with E-state index in [-0.39, 0.29) is 5.91 Å². The van der Waals surface area contributed by atoms with Gasteiger partial charge in [0.2, 0.25) is 5.91 Å². The van der Waals surface area contributed by atoms with Crippen molar-refractivity contribution in [2.24, 2.45) is 5.41 Å². The maximum atomic E-state index is 12.3. The van der Waals surface area contributed by atoms with Gasteiger partial charge in [-0.1, -0.05) is 12.2 Å². The van der Waals surface area contributed by atoms with Crippen LogP contribution in [0.1, 0.15) is 43.5 Å². The second-order valence-electron chi connectivity index (χ2n) is 6.89. The molecule has 1 aliphatic carbocycles. The summed E-state index contributed by atoms with van der Waals surface area (Å²) < 4.78 is 0. The number of carbonyl (C=O) groups excluding carboxylic acids is 1. The van der Waals surface area contributed by atoms with Crippen molar-refractivity contribution in [2.75, 3.05) is 25.0 Å². The molecule has 120 valence electrons. The number of H-pyrrole nitrogens is 1. The van der Waals surface area contributed by atoms with Gasteiger partial charge in [0.05, 0.1) is 23.6 Å². The molecule has 0 radical (unpaired) electrons. The van der Waals surface area contributed by atoms with Crippen LogP contribution in [-0.4, -0.2) is 40.6 Å². The summed E-state index contributed by atoms with van der Waals surface area (Å²) in [6.07, 6.45) is 10.7. The SMILES string of the molecule is Cc1n[nH]c(C)c1NC(=O)CN1CCCC2(CC=CCC2)C1. The molecule has 5 heteroatoms. The molecule has 0 aromatic carbocycles. The first-order valence-electron chi connectivity index (χ1n) is 8.27. The topological polar surface area (TPSA) is 61.0 Å². The van der Waals surface area contributed by atoms with Gasteiger partial charge in [-0.2, -0.15) is 5.10 Å². The average molecular weight is 302 g/mol. The van der Waals surface area contributed by atoms with Gasteiger partial charge in [0.15, 0.2) is 0 Å². The van der Waals surface area contributed by atoms with Crippen molar-refractivity contribution in [3.05, 3.63) is 23.5 Å². The van der Waals surface area contributed by atoms with Crippen LogP contribution in [-0.2, 0) is 4.79 Å². The smallest absolute Gasteiger partial charge is 0.238 e. The minimum Gasteiger partial charge on any atom is -0.322 e. The third-order valence-electron chi connectivity index (χ3n) is 5.06. The lowest BCUT2D eigenvalue weighted by Gasteiger charge is -2.43. The lowest BCUT2D eigenvalue weighted by atomic mass is 9.71. The van der Waals surface area contributed by atoms with Gasteiger partial charge in [0.25, 0.3) is 0 Å². The number of aryl methyl sites for hydroxylation is 2. The number of piperidine rings is 1. The molecular formula is C17H26N4O. The molecule has 1 spiro atoms. The minimum atomic E-state index is 0.0657. The number of aromatic nitrogens is 2. The second kappa shape index (κ2) is 6.24. The largest absolute Gasteiger partial charge is 0.322 e. The van der Waals surface area contributed by atoms with E-state index in [9.17, 15) is 4.79 Å². The maximum absolute atomic E-state index is 12.3. The zero-order valence-electron chi connectivity index (χ0n) is 13.6. The summed E-state index contributed by atoms with van der Waals surface area (Å²) in [6, 6.07) is 0. The van der Waals surface area contributed by atoms with E-state index in [0.717, 1.165) is 30.2 Å². The fraction of sp³-hybridized carbons (Fsp3) is 0.647. The minimum absolute atomic E-state index is 0.0657. The van der Waals surface area contributed by atoms with E-state index in [4.69, 9.17) is 0 Å². The van der Waals surface area contributed by atoms with E-state index in [1.165, 1.54) is 32.1 Å². The monoisotopic (exact) mass is 302 g/mol. The van der Waals surface area contributed by atoms with Crippen LogP contribution in [0.2, 0.25) is 0 Å². The number of carbonyl (C=O) groups is 1. The van der Waals surface area contributed by atoms with Crippen molar-refractivity contribution in [1.82, 2.24) is 15.1 Å². The fourth-order valence-corrected chi connectivity index (χ4v) is 3.88. The number of allylic oxidation sites excluding steroid dienone is 2. The Morgan fingerprint density at radius 2 is 2.27 bits per heavy atom. The molecule has 1 aromatic heterocycles. The van der Waals surface area contributed by atoms with Crippen LogP contribution in [0, 0.1) is 19.3 Å². The summed E-state index contributed by atoms with van der Waals surface area (Å²) in [6.45, 7) is 6.40. The van der Waals surface area contributed by atoms with Gasteiger partial charge >= 0.3 is 0 Å². The fourth-order valence-electron chi connectivity index (χ4n) is 3.88. The first-order chi connectivity index (χ1) is 10.6. The first-order valence-corrected chi connectivity index (χ1v) is 8.27. The molecule has 1 amide bonds. The molecule has 0 bridgehead atoms. The number of nitrogens with one attached hydrogen (secondary N) is 2. The van der Waals surface area contributed by atoms with Gasteiger partial charge in [-0.15, -0.1) is 0 Å². The summed E-state index contributed by atoms with van der Waals surface area (Å²) >= 11 is 0. The molecule has 1 atom stereocenters. The maximum Gasteiger partial charge on any atom is 0.238 e. The van der Waals surface area contributed by atoms with Gasteiger partial charge in [-0.05, 0) is 57.9 Å². The normalized spacial score (nSPS) is 25.5.